The third-order valence-corrected chi connectivity index (χ3v) is 6.14. The number of carbonyl (C=O) groups excluding carboxylic acids is 1. The van der Waals surface area contributed by atoms with E-state index in [4.69, 9.17) is 23.2 Å². The SMILES string of the molecule is C[C@@H]1C/C(=C\c2ccc(Cl)cc2)C2=NN(C(=O)C(F)(F)F)[C@@H](c3ccc(Cl)cc3)[C@H]2C1. The molecule has 0 bridgehead atoms. The van der Waals surface area contributed by atoms with Crippen LogP contribution in [0.1, 0.15) is 36.9 Å². The van der Waals surface area contributed by atoms with Crippen LogP contribution in [-0.2, 0) is 4.79 Å². The van der Waals surface area contributed by atoms with Crippen molar-refractivity contribution in [1.29, 1.82) is 0 Å². The lowest BCUT2D eigenvalue weighted by Crippen LogP contribution is -2.40. The number of alkyl halides is 3. The molecule has 4 rings (SSSR count). The zero-order chi connectivity index (χ0) is 22.3. The van der Waals surface area contributed by atoms with Gasteiger partial charge in [0, 0.05) is 16.0 Å². The molecule has 162 valence electrons. The van der Waals surface area contributed by atoms with Gasteiger partial charge in [-0.3, -0.25) is 4.79 Å². The second-order valence-corrected chi connectivity index (χ2v) is 8.87. The normalized spacial score (nSPS) is 24.8. The van der Waals surface area contributed by atoms with Crippen LogP contribution in [-0.4, -0.2) is 22.8 Å². The van der Waals surface area contributed by atoms with E-state index in [-0.39, 0.29) is 11.8 Å². The molecule has 0 unspecified atom stereocenters. The van der Waals surface area contributed by atoms with E-state index in [1.165, 1.54) is 0 Å². The summed E-state index contributed by atoms with van der Waals surface area (Å²) < 4.78 is 40.1. The highest BCUT2D eigenvalue weighted by Gasteiger charge is 2.52. The number of halogens is 5. The Morgan fingerprint density at radius 3 is 2.23 bits per heavy atom. The molecule has 1 heterocycles. The summed E-state index contributed by atoms with van der Waals surface area (Å²) >= 11 is 11.9. The first-order chi connectivity index (χ1) is 14.6. The number of nitrogens with zero attached hydrogens (tertiary/aromatic N) is 2. The number of benzene rings is 2. The minimum atomic E-state index is -5.02. The number of allylic oxidation sites excluding steroid dienone is 1. The topological polar surface area (TPSA) is 32.7 Å². The fourth-order valence-corrected chi connectivity index (χ4v) is 4.59. The van der Waals surface area contributed by atoms with Gasteiger partial charge in [-0.25, -0.2) is 5.01 Å². The van der Waals surface area contributed by atoms with Crippen LogP contribution in [0.3, 0.4) is 0 Å². The number of fused-ring (bicyclic) bond motifs is 1. The molecule has 1 fully saturated rings. The maximum atomic E-state index is 13.4. The van der Waals surface area contributed by atoms with Crippen molar-refractivity contribution >= 4 is 40.9 Å². The van der Waals surface area contributed by atoms with Gasteiger partial charge in [-0.1, -0.05) is 54.4 Å². The highest BCUT2D eigenvalue weighted by atomic mass is 35.5. The van der Waals surface area contributed by atoms with E-state index in [0.717, 1.165) is 11.1 Å². The molecule has 0 saturated heterocycles. The van der Waals surface area contributed by atoms with Crippen molar-refractivity contribution in [2.75, 3.05) is 0 Å². The van der Waals surface area contributed by atoms with Crippen molar-refractivity contribution in [3.05, 3.63) is 75.3 Å². The van der Waals surface area contributed by atoms with Gasteiger partial charge in [0.2, 0.25) is 0 Å². The first-order valence-corrected chi connectivity index (χ1v) is 10.6. The second-order valence-electron chi connectivity index (χ2n) is 8.00. The molecule has 0 spiro atoms. The van der Waals surface area contributed by atoms with Crippen LogP contribution in [0.2, 0.25) is 10.0 Å². The number of rotatable bonds is 2. The molecule has 8 heteroatoms. The minimum Gasteiger partial charge on any atom is -0.262 e. The molecule has 0 radical (unpaired) electrons. The number of amides is 1. The Balaban J connectivity index is 1.80. The van der Waals surface area contributed by atoms with E-state index in [2.05, 4.69) is 12.0 Å². The van der Waals surface area contributed by atoms with Gasteiger partial charge in [-0.05, 0) is 65.8 Å². The van der Waals surface area contributed by atoms with Crippen molar-refractivity contribution < 1.29 is 18.0 Å². The van der Waals surface area contributed by atoms with Crippen molar-refractivity contribution in [2.24, 2.45) is 16.9 Å². The molecule has 1 aliphatic carbocycles. The summed E-state index contributed by atoms with van der Waals surface area (Å²) in [5.41, 5.74) is 2.82. The van der Waals surface area contributed by atoms with Gasteiger partial charge in [0.1, 0.15) is 0 Å². The summed E-state index contributed by atoms with van der Waals surface area (Å²) in [6.45, 7) is 2.06. The average molecular weight is 467 g/mol. The number of carbonyl (C=O) groups is 1. The molecule has 0 aromatic heterocycles. The van der Waals surface area contributed by atoms with Gasteiger partial charge in [0.25, 0.3) is 0 Å². The van der Waals surface area contributed by atoms with Crippen molar-refractivity contribution in [3.63, 3.8) is 0 Å². The Morgan fingerprint density at radius 2 is 1.65 bits per heavy atom. The summed E-state index contributed by atoms with van der Waals surface area (Å²) in [6, 6.07) is 12.9. The van der Waals surface area contributed by atoms with Crippen LogP contribution in [0.25, 0.3) is 6.08 Å². The summed E-state index contributed by atoms with van der Waals surface area (Å²) in [5.74, 6) is -2.08. The molecule has 2 aliphatic rings. The maximum absolute atomic E-state index is 13.4. The number of hydrazone groups is 1. The van der Waals surface area contributed by atoms with E-state index < -0.39 is 18.1 Å². The molecule has 1 saturated carbocycles. The molecule has 2 aromatic carbocycles. The van der Waals surface area contributed by atoms with Crippen molar-refractivity contribution in [1.82, 2.24) is 5.01 Å². The standard InChI is InChI=1S/C23H19Cl2F3N2O/c1-13-10-16(12-14-2-6-17(24)7-3-14)20-19(11-13)21(15-4-8-18(25)9-5-15)30(29-20)22(31)23(26,27)28/h2-9,12-13,19,21H,10-11H2,1H3/b16-12+/t13-,19+,21+/m1/s1. The van der Waals surface area contributed by atoms with Gasteiger partial charge in [0.05, 0.1) is 11.8 Å². The zero-order valence-electron chi connectivity index (χ0n) is 16.5. The predicted octanol–water partition coefficient (Wildman–Crippen LogP) is 6.92. The molecular weight excluding hydrogens is 448 g/mol. The minimum absolute atomic E-state index is 0.221. The molecule has 1 amide bonds. The van der Waals surface area contributed by atoms with E-state index in [9.17, 15) is 18.0 Å². The molecule has 3 nitrogen and oxygen atoms in total. The van der Waals surface area contributed by atoms with Crippen molar-refractivity contribution in [3.8, 4) is 0 Å². The van der Waals surface area contributed by atoms with Gasteiger partial charge in [-0.2, -0.15) is 18.3 Å². The van der Waals surface area contributed by atoms with Gasteiger partial charge in [-0.15, -0.1) is 0 Å². The van der Waals surface area contributed by atoms with Crippen LogP contribution in [0.15, 0.2) is 59.2 Å². The summed E-state index contributed by atoms with van der Waals surface area (Å²) in [7, 11) is 0. The summed E-state index contributed by atoms with van der Waals surface area (Å²) in [4.78, 5) is 12.3. The molecule has 0 N–H and O–H groups in total. The summed E-state index contributed by atoms with van der Waals surface area (Å²) in [5, 5.41) is 5.91. The maximum Gasteiger partial charge on any atom is 0.473 e. The molecule has 31 heavy (non-hydrogen) atoms. The first kappa shape index (κ1) is 21.9. The van der Waals surface area contributed by atoms with Crippen LogP contribution >= 0.6 is 23.2 Å². The Hall–Kier alpha value is -2.31. The second kappa shape index (κ2) is 8.32. The lowest BCUT2D eigenvalue weighted by molar-refractivity contribution is -0.188. The number of hydrogen-bond donors (Lipinski definition) is 0. The third-order valence-electron chi connectivity index (χ3n) is 5.64. The van der Waals surface area contributed by atoms with E-state index in [1.54, 1.807) is 36.4 Å². The molecule has 1 aliphatic heterocycles. The van der Waals surface area contributed by atoms with Gasteiger partial charge >= 0.3 is 12.1 Å². The van der Waals surface area contributed by atoms with Crippen LogP contribution < -0.4 is 0 Å². The zero-order valence-corrected chi connectivity index (χ0v) is 18.0. The predicted molar refractivity (Wildman–Crippen MR) is 116 cm³/mol. The Morgan fingerprint density at radius 1 is 1.06 bits per heavy atom. The van der Waals surface area contributed by atoms with Gasteiger partial charge < -0.3 is 0 Å². The monoisotopic (exact) mass is 466 g/mol. The Kier molecular flexibility index (Phi) is 5.88. The molecule has 2 aromatic rings. The highest BCUT2D eigenvalue weighted by molar-refractivity contribution is 6.30. The lowest BCUT2D eigenvalue weighted by atomic mass is 9.73. The lowest BCUT2D eigenvalue weighted by Gasteiger charge is -2.32. The molecule has 3 atom stereocenters. The van der Waals surface area contributed by atoms with E-state index >= 15 is 0 Å². The highest BCUT2D eigenvalue weighted by Crippen LogP contribution is 2.47. The molecular formula is C23H19Cl2F3N2O. The Labute approximate surface area is 188 Å². The number of hydrogen-bond acceptors (Lipinski definition) is 2. The van der Waals surface area contributed by atoms with E-state index in [0.29, 0.717) is 39.2 Å². The Bertz CT molecular complexity index is 1050. The fourth-order valence-electron chi connectivity index (χ4n) is 4.34. The third kappa shape index (κ3) is 4.51. The first-order valence-electron chi connectivity index (χ1n) is 9.84. The van der Waals surface area contributed by atoms with Crippen LogP contribution in [0, 0.1) is 11.8 Å². The quantitative estimate of drug-likeness (QED) is 0.472. The van der Waals surface area contributed by atoms with Gasteiger partial charge in [0.15, 0.2) is 0 Å². The fraction of sp³-hybridized carbons (Fsp3) is 0.304. The largest absolute Gasteiger partial charge is 0.473 e. The van der Waals surface area contributed by atoms with Crippen LogP contribution in [0.5, 0.6) is 0 Å². The average Bonchev–Trinajstić information content (AvgIpc) is 3.08. The van der Waals surface area contributed by atoms with Crippen LogP contribution in [0.4, 0.5) is 13.2 Å². The van der Waals surface area contributed by atoms with Crippen molar-refractivity contribution in [2.45, 2.75) is 32.0 Å². The summed E-state index contributed by atoms with van der Waals surface area (Å²) in [6.07, 6.45) is -1.81. The smallest absolute Gasteiger partial charge is 0.262 e. The van der Waals surface area contributed by atoms with E-state index in [1.807, 2.05) is 18.2 Å².